The van der Waals surface area contributed by atoms with Gasteiger partial charge in [0.15, 0.2) is 5.96 Å². The molecule has 0 aliphatic carbocycles. The SMILES string of the molecule is CN=C(NCCNC(=O)c1ccc(Br)cc1)NCc1ncc(C(C)(C)C)o1.I. The molecule has 0 fully saturated rings. The van der Waals surface area contributed by atoms with E-state index in [4.69, 9.17) is 4.42 Å². The molecule has 0 bridgehead atoms. The fourth-order valence-electron chi connectivity index (χ4n) is 2.18. The van der Waals surface area contributed by atoms with E-state index in [1.54, 1.807) is 25.4 Å². The van der Waals surface area contributed by atoms with E-state index in [-0.39, 0.29) is 35.3 Å². The molecular weight excluding hydrogens is 537 g/mol. The first-order chi connectivity index (χ1) is 12.8. The van der Waals surface area contributed by atoms with E-state index in [1.807, 2.05) is 12.1 Å². The lowest BCUT2D eigenvalue weighted by Crippen LogP contribution is -2.41. The van der Waals surface area contributed by atoms with Crippen molar-refractivity contribution in [2.24, 2.45) is 4.99 Å². The monoisotopic (exact) mass is 563 g/mol. The number of aliphatic imine (C=N–C) groups is 1. The van der Waals surface area contributed by atoms with E-state index in [0.29, 0.717) is 37.0 Å². The number of benzene rings is 1. The highest BCUT2D eigenvalue weighted by molar-refractivity contribution is 14.0. The lowest BCUT2D eigenvalue weighted by molar-refractivity contribution is 0.0954. The fourth-order valence-corrected chi connectivity index (χ4v) is 2.44. The van der Waals surface area contributed by atoms with Crippen LogP contribution in [0.2, 0.25) is 0 Å². The maximum Gasteiger partial charge on any atom is 0.251 e. The lowest BCUT2D eigenvalue weighted by Gasteiger charge is -2.13. The molecule has 0 unspecified atom stereocenters. The van der Waals surface area contributed by atoms with E-state index in [0.717, 1.165) is 10.2 Å². The minimum atomic E-state index is -0.109. The van der Waals surface area contributed by atoms with Crippen molar-refractivity contribution in [3.05, 3.63) is 52.1 Å². The molecule has 1 aromatic heterocycles. The van der Waals surface area contributed by atoms with Crippen LogP contribution in [0.5, 0.6) is 0 Å². The van der Waals surface area contributed by atoms with E-state index in [9.17, 15) is 4.79 Å². The van der Waals surface area contributed by atoms with Gasteiger partial charge in [-0.1, -0.05) is 36.7 Å². The Morgan fingerprint density at radius 3 is 2.36 bits per heavy atom. The summed E-state index contributed by atoms with van der Waals surface area (Å²) in [5.41, 5.74) is 0.553. The topological polar surface area (TPSA) is 91.5 Å². The van der Waals surface area contributed by atoms with Crippen molar-refractivity contribution in [1.29, 1.82) is 0 Å². The molecule has 3 N–H and O–H groups in total. The standard InChI is InChI=1S/C19H26BrN5O2.HI/c1-19(2,3)15-11-24-16(27-15)12-25-18(21-4)23-10-9-22-17(26)13-5-7-14(20)8-6-13;/h5-8,11H,9-10,12H2,1-4H3,(H,22,26)(H2,21,23,25);1H. The van der Waals surface area contributed by atoms with E-state index in [1.165, 1.54) is 0 Å². The van der Waals surface area contributed by atoms with Crippen LogP contribution in [0.4, 0.5) is 0 Å². The number of rotatable bonds is 6. The third kappa shape index (κ3) is 7.78. The maximum atomic E-state index is 12.0. The lowest BCUT2D eigenvalue weighted by atomic mass is 9.94. The summed E-state index contributed by atoms with van der Waals surface area (Å²) < 4.78 is 6.68. The number of carbonyl (C=O) groups excluding carboxylic acids is 1. The molecule has 7 nitrogen and oxygen atoms in total. The number of amides is 1. The van der Waals surface area contributed by atoms with Crippen molar-refractivity contribution in [3.8, 4) is 0 Å². The molecule has 1 heterocycles. The Bertz CT molecular complexity index is 784. The summed E-state index contributed by atoms with van der Waals surface area (Å²) in [5.74, 6) is 1.95. The quantitative estimate of drug-likeness (QED) is 0.217. The summed E-state index contributed by atoms with van der Waals surface area (Å²) in [6.45, 7) is 7.68. The molecule has 0 radical (unpaired) electrons. The largest absolute Gasteiger partial charge is 0.443 e. The van der Waals surface area contributed by atoms with E-state index >= 15 is 0 Å². The van der Waals surface area contributed by atoms with Crippen LogP contribution in [-0.2, 0) is 12.0 Å². The summed E-state index contributed by atoms with van der Waals surface area (Å²) in [7, 11) is 1.69. The number of nitrogens with one attached hydrogen (secondary N) is 3. The zero-order chi connectivity index (χ0) is 19.9. The average molecular weight is 564 g/mol. The molecule has 0 aliphatic rings. The van der Waals surface area contributed by atoms with Gasteiger partial charge in [-0.2, -0.15) is 0 Å². The fraction of sp³-hybridized carbons (Fsp3) is 0.421. The number of guanidine groups is 1. The van der Waals surface area contributed by atoms with Crippen LogP contribution < -0.4 is 16.0 Å². The Balaban J connectivity index is 0.00000392. The van der Waals surface area contributed by atoms with Crippen LogP contribution in [0.15, 0.2) is 44.3 Å². The Labute approximate surface area is 191 Å². The predicted octanol–water partition coefficient (Wildman–Crippen LogP) is 3.45. The molecule has 0 saturated carbocycles. The molecule has 9 heteroatoms. The molecular formula is C19H27BrIN5O2. The van der Waals surface area contributed by atoms with Gasteiger partial charge in [0.2, 0.25) is 5.89 Å². The highest BCUT2D eigenvalue weighted by Crippen LogP contribution is 2.22. The summed E-state index contributed by atoms with van der Waals surface area (Å²) in [5, 5.41) is 9.14. The second kappa shape index (κ2) is 11.4. The maximum absolute atomic E-state index is 12.0. The second-order valence-corrected chi connectivity index (χ2v) is 7.90. The number of oxazole rings is 1. The highest BCUT2D eigenvalue weighted by atomic mass is 127. The third-order valence-electron chi connectivity index (χ3n) is 3.73. The van der Waals surface area contributed by atoms with Crippen LogP contribution in [0.25, 0.3) is 0 Å². The Hall–Kier alpha value is -1.62. The molecule has 154 valence electrons. The van der Waals surface area contributed by atoms with Crippen LogP contribution in [0, 0.1) is 0 Å². The zero-order valence-electron chi connectivity index (χ0n) is 16.5. The Kier molecular flexibility index (Phi) is 9.94. The van der Waals surface area contributed by atoms with Gasteiger partial charge in [0.1, 0.15) is 5.76 Å². The van der Waals surface area contributed by atoms with Crippen LogP contribution in [0.3, 0.4) is 0 Å². The molecule has 1 aromatic carbocycles. The van der Waals surface area contributed by atoms with Gasteiger partial charge >= 0.3 is 0 Å². The van der Waals surface area contributed by atoms with Crippen molar-refractivity contribution in [2.75, 3.05) is 20.1 Å². The van der Waals surface area contributed by atoms with Gasteiger partial charge in [-0.25, -0.2) is 4.98 Å². The van der Waals surface area contributed by atoms with Gasteiger partial charge in [-0.05, 0) is 24.3 Å². The molecule has 2 rings (SSSR count). The van der Waals surface area contributed by atoms with Gasteiger partial charge in [-0.3, -0.25) is 9.79 Å². The Morgan fingerprint density at radius 2 is 1.79 bits per heavy atom. The number of hydrogen-bond acceptors (Lipinski definition) is 4. The summed E-state index contributed by atoms with van der Waals surface area (Å²) >= 11 is 3.35. The molecule has 0 aliphatic heterocycles. The minimum absolute atomic E-state index is 0. The third-order valence-corrected chi connectivity index (χ3v) is 4.26. The van der Waals surface area contributed by atoms with Crippen LogP contribution in [-0.4, -0.2) is 37.0 Å². The molecule has 0 atom stereocenters. The zero-order valence-corrected chi connectivity index (χ0v) is 20.4. The normalized spacial score (nSPS) is 11.5. The first-order valence-corrected chi connectivity index (χ1v) is 9.52. The van der Waals surface area contributed by atoms with Crippen molar-refractivity contribution >= 4 is 51.8 Å². The van der Waals surface area contributed by atoms with Crippen molar-refractivity contribution in [2.45, 2.75) is 32.7 Å². The van der Waals surface area contributed by atoms with Gasteiger partial charge < -0.3 is 20.4 Å². The van der Waals surface area contributed by atoms with Gasteiger partial charge in [0.25, 0.3) is 5.91 Å². The first kappa shape index (κ1) is 24.4. The number of hydrogen-bond donors (Lipinski definition) is 3. The van der Waals surface area contributed by atoms with E-state index < -0.39 is 0 Å². The smallest absolute Gasteiger partial charge is 0.251 e. The summed E-state index contributed by atoms with van der Waals surface area (Å²) in [6.07, 6.45) is 1.75. The van der Waals surface area contributed by atoms with Crippen molar-refractivity contribution in [3.63, 3.8) is 0 Å². The highest BCUT2D eigenvalue weighted by Gasteiger charge is 2.19. The number of nitrogens with zero attached hydrogens (tertiary/aromatic N) is 2. The van der Waals surface area contributed by atoms with E-state index in [2.05, 4.69) is 62.6 Å². The van der Waals surface area contributed by atoms with Gasteiger partial charge in [-0.15, -0.1) is 24.0 Å². The molecule has 2 aromatic rings. The molecule has 28 heavy (non-hydrogen) atoms. The first-order valence-electron chi connectivity index (χ1n) is 8.73. The molecule has 1 amide bonds. The molecule has 0 saturated heterocycles. The van der Waals surface area contributed by atoms with Crippen LogP contribution >= 0.6 is 39.9 Å². The predicted molar refractivity (Wildman–Crippen MR) is 125 cm³/mol. The Morgan fingerprint density at radius 1 is 1.14 bits per heavy atom. The van der Waals surface area contributed by atoms with Crippen LogP contribution in [0.1, 0.15) is 42.8 Å². The second-order valence-electron chi connectivity index (χ2n) is 6.98. The summed E-state index contributed by atoms with van der Waals surface area (Å²) in [4.78, 5) is 20.5. The number of halogens is 2. The van der Waals surface area contributed by atoms with Gasteiger partial charge in [0, 0.05) is 35.6 Å². The average Bonchev–Trinajstić information content (AvgIpc) is 3.11. The van der Waals surface area contributed by atoms with Gasteiger partial charge in [0.05, 0.1) is 12.7 Å². The summed E-state index contributed by atoms with van der Waals surface area (Å²) in [6, 6.07) is 7.23. The van der Waals surface area contributed by atoms with Crippen molar-refractivity contribution < 1.29 is 9.21 Å². The number of carbonyl (C=O) groups is 1. The number of aromatic nitrogens is 1. The molecule has 0 spiro atoms. The van der Waals surface area contributed by atoms with Crippen molar-refractivity contribution in [1.82, 2.24) is 20.9 Å². The minimum Gasteiger partial charge on any atom is -0.443 e.